The first kappa shape index (κ1) is 14.3. The summed E-state index contributed by atoms with van der Waals surface area (Å²) in [5.41, 5.74) is 0.873. The summed E-state index contributed by atoms with van der Waals surface area (Å²) < 4.78 is 2.03. The predicted molar refractivity (Wildman–Crippen MR) is 73.5 cm³/mol. The summed E-state index contributed by atoms with van der Waals surface area (Å²) in [7, 11) is 0. The third-order valence-corrected chi connectivity index (χ3v) is 3.57. The Morgan fingerprint density at radius 2 is 2.12 bits per heavy atom. The Morgan fingerprint density at radius 1 is 1.47 bits per heavy atom. The van der Waals surface area contributed by atoms with Gasteiger partial charge in [-0.2, -0.15) is 5.10 Å². The number of aromatic nitrogens is 2. The van der Waals surface area contributed by atoms with E-state index in [0.29, 0.717) is 18.2 Å². The number of hydrogen-bond donors (Lipinski definition) is 0. The smallest absolute Gasteiger partial charge is 0.148 e. The molecule has 0 saturated heterocycles. The van der Waals surface area contributed by atoms with Crippen LogP contribution in [0.5, 0.6) is 0 Å². The van der Waals surface area contributed by atoms with E-state index < -0.39 is 0 Å². The third-order valence-electron chi connectivity index (χ3n) is 2.24. The Morgan fingerprint density at radius 3 is 2.59 bits per heavy atom. The van der Waals surface area contributed by atoms with Crippen molar-refractivity contribution in [2.24, 2.45) is 0 Å². The van der Waals surface area contributed by atoms with Crippen LogP contribution in [0.2, 0.25) is 0 Å². The largest absolute Gasteiger partial charge is 0.298 e. The molecule has 3 nitrogen and oxygen atoms in total. The topological polar surface area (TPSA) is 34.9 Å². The maximum absolute atomic E-state index is 11.8. The molecule has 0 fully saturated rings. The molecule has 0 aliphatic heterocycles. The zero-order valence-electron chi connectivity index (χ0n) is 11.4. The average molecular weight is 254 g/mol. The van der Waals surface area contributed by atoms with E-state index in [4.69, 9.17) is 0 Å². The van der Waals surface area contributed by atoms with Crippen molar-refractivity contribution in [1.29, 1.82) is 0 Å². The highest BCUT2D eigenvalue weighted by Crippen LogP contribution is 2.23. The summed E-state index contributed by atoms with van der Waals surface area (Å²) in [5, 5.41) is 4.38. The fourth-order valence-electron chi connectivity index (χ4n) is 1.31. The van der Waals surface area contributed by atoms with E-state index >= 15 is 0 Å². The van der Waals surface area contributed by atoms with Crippen LogP contribution in [0.15, 0.2) is 12.3 Å². The Hall–Kier alpha value is -0.770. The van der Waals surface area contributed by atoms with Crippen molar-refractivity contribution in [3.63, 3.8) is 0 Å². The third kappa shape index (κ3) is 5.39. The number of Topliss-reactive ketones (excluding diaryl/α,β-unsaturated/α-hetero) is 1. The van der Waals surface area contributed by atoms with Crippen molar-refractivity contribution in [2.75, 3.05) is 5.75 Å². The molecular weight excluding hydrogens is 232 g/mol. The predicted octanol–water partition coefficient (Wildman–Crippen LogP) is 3.11. The van der Waals surface area contributed by atoms with E-state index in [0.717, 1.165) is 5.69 Å². The summed E-state index contributed by atoms with van der Waals surface area (Å²) >= 11 is 1.69. The van der Waals surface area contributed by atoms with Crippen LogP contribution in [-0.4, -0.2) is 26.1 Å². The Labute approximate surface area is 108 Å². The van der Waals surface area contributed by atoms with Gasteiger partial charge in [0.15, 0.2) is 0 Å². The molecule has 1 rings (SSSR count). The Bertz CT molecular complexity index is 377. The number of nitrogens with zero attached hydrogens (tertiary/aromatic N) is 2. The molecule has 0 unspecified atom stereocenters. The average Bonchev–Trinajstić information content (AvgIpc) is 2.62. The van der Waals surface area contributed by atoms with Gasteiger partial charge in [-0.25, -0.2) is 0 Å². The van der Waals surface area contributed by atoms with Crippen LogP contribution >= 0.6 is 11.8 Å². The first-order valence-corrected chi connectivity index (χ1v) is 6.96. The van der Waals surface area contributed by atoms with Crippen molar-refractivity contribution in [1.82, 2.24) is 9.78 Å². The maximum Gasteiger partial charge on any atom is 0.148 e. The van der Waals surface area contributed by atoms with Crippen LogP contribution in [0, 0.1) is 0 Å². The van der Waals surface area contributed by atoms with E-state index in [1.165, 1.54) is 0 Å². The van der Waals surface area contributed by atoms with E-state index in [1.54, 1.807) is 11.8 Å². The summed E-state index contributed by atoms with van der Waals surface area (Å²) in [5.74, 6) is 0.817. The summed E-state index contributed by atoms with van der Waals surface area (Å²) in [6.45, 7) is 10.5. The molecule has 0 aliphatic carbocycles. The minimum atomic E-state index is 0.146. The molecule has 0 radical (unpaired) electrons. The standard InChI is InChI=1S/C13H22N2OS/c1-10(2)15-7-6-11(14-15)8-12(16)9-17-13(3,4)5/h6-7,10H,8-9H2,1-5H3. The normalized spacial score (nSPS) is 12.1. The lowest BCUT2D eigenvalue weighted by molar-refractivity contribution is -0.116. The minimum absolute atomic E-state index is 0.146. The molecule has 17 heavy (non-hydrogen) atoms. The van der Waals surface area contributed by atoms with Crippen molar-refractivity contribution in [2.45, 2.75) is 51.8 Å². The van der Waals surface area contributed by atoms with Gasteiger partial charge < -0.3 is 0 Å². The molecule has 1 heterocycles. The van der Waals surface area contributed by atoms with Gasteiger partial charge in [0.1, 0.15) is 5.78 Å². The van der Waals surface area contributed by atoms with Crippen LogP contribution in [0.4, 0.5) is 0 Å². The van der Waals surface area contributed by atoms with Crippen LogP contribution in [0.25, 0.3) is 0 Å². The van der Waals surface area contributed by atoms with Crippen LogP contribution in [0.1, 0.15) is 46.4 Å². The summed E-state index contributed by atoms with van der Waals surface area (Å²) in [6, 6.07) is 2.28. The molecule has 1 aromatic heterocycles. The van der Waals surface area contributed by atoms with Crippen molar-refractivity contribution in [3.8, 4) is 0 Å². The maximum atomic E-state index is 11.8. The number of ketones is 1. The first-order valence-electron chi connectivity index (χ1n) is 5.97. The number of rotatable bonds is 5. The van der Waals surface area contributed by atoms with E-state index in [9.17, 15) is 4.79 Å². The molecule has 0 aromatic carbocycles. The molecule has 0 atom stereocenters. The van der Waals surface area contributed by atoms with Gasteiger partial charge in [0.2, 0.25) is 0 Å². The second-order valence-corrected chi connectivity index (χ2v) is 7.30. The van der Waals surface area contributed by atoms with Gasteiger partial charge in [-0.15, -0.1) is 11.8 Å². The zero-order chi connectivity index (χ0) is 13.1. The molecule has 1 aromatic rings. The van der Waals surface area contributed by atoms with E-state index in [-0.39, 0.29) is 10.5 Å². The van der Waals surface area contributed by atoms with Crippen LogP contribution in [0.3, 0.4) is 0 Å². The minimum Gasteiger partial charge on any atom is -0.298 e. The Kier molecular flexibility index (Phi) is 4.80. The molecule has 0 saturated carbocycles. The van der Waals surface area contributed by atoms with Crippen molar-refractivity contribution >= 4 is 17.5 Å². The number of carbonyl (C=O) groups is 1. The molecule has 0 bridgehead atoms. The fraction of sp³-hybridized carbons (Fsp3) is 0.692. The second-order valence-electron chi connectivity index (χ2n) is 5.50. The number of carbonyl (C=O) groups excluding carboxylic acids is 1. The lowest BCUT2D eigenvalue weighted by Gasteiger charge is -2.16. The van der Waals surface area contributed by atoms with Gasteiger partial charge >= 0.3 is 0 Å². The molecule has 4 heteroatoms. The zero-order valence-corrected chi connectivity index (χ0v) is 12.2. The van der Waals surface area contributed by atoms with E-state index in [2.05, 4.69) is 39.7 Å². The van der Waals surface area contributed by atoms with Crippen LogP contribution in [-0.2, 0) is 11.2 Å². The van der Waals surface area contributed by atoms with Gasteiger partial charge in [0, 0.05) is 17.0 Å². The lowest BCUT2D eigenvalue weighted by Crippen LogP contribution is -2.14. The highest BCUT2D eigenvalue weighted by atomic mass is 32.2. The molecule has 0 N–H and O–H groups in total. The fourth-order valence-corrected chi connectivity index (χ4v) is 2.01. The highest BCUT2D eigenvalue weighted by molar-refractivity contribution is 8.01. The SMILES string of the molecule is CC(C)n1ccc(CC(=O)CSC(C)(C)C)n1. The summed E-state index contributed by atoms with van der Waals surface area (Å²) in [6.07, 6.45) is 2.38. The van der Waals surface area contributed by atoms with Gasteiger partial charge in [0.05, 0.1) is 17.9 Å². The van der Waals surface area contributed by atoms with Crippen molar-refractivity contribution in [3.05, 3.63) is 18.0 Å². The van der Waals surface area contributed by atoms with Crippen LogP contribution < -0.4 is 0 Å². The molecule has 0 spiro atoms. The molecular formula is C13H22N2OS. The highest BCUT2D eigenvalue weighted by Gasteiger charge is 2.14. The molecule has 96 valence electrons. The second kappa shape index (κ2) is 5.71. The quantitative estimate of drug-likeness (QED) is 0.810. The lowest BCUT2D eigenvalue weighted by atomic mass is 10.2. The Balaban J connectivity index is 2.45. The monoisotopic (exact) mass is 254 g/mol. The van der Waals surface area contributed by atoms with E-state index in [1.807, 2.05) is 16.9 Å². The van der Waals surface area contributed by atoms with Gasteiger partial charge in [-0.05, 0) is 19.9 Å². The number of hydrogen-bond acceptors (Lipinski definition) is 3. The molecule has 0 amide bonds. The van der Waals surface area contributed by atoms with Gasteiger partial charge in [-0.3, -0.25) is 9.48 Å². The summed E-state index contributed by atoms with van der Waals surface area (Å²) in [4.78, 5) is 11.8. The van der Waals surface area contributed by atoms with Crippen molar-refractivity contribution < 1.29 is 4.79 Å². The first-order chi connectivity index (χ1) is 7.78. The van der Waals surface area contributed by atoms with Gasteiger partial charge in [-0.1, -0.05) is 20.8 Å². The molecule has 0 aliphatic rings. The number of thioether (sulfide) groups is 1. The van der Waals surface area contributed by atoms with Gasteiger partial charge in [0.25, 0.3) is 0 Å².